The minimum atomic E-state index is -0.862. The Balaban J connectivity index is 1.88. The number of hydrogen-bond donors (Lipinski definition) is 1. The minimum absolute atomic E-state index is 0.218. The molecule has 1 N–H and O–H groups in total. The number of benzene rings is 2. The van der Waals surface area contributed by atoms with Crippen LogP contribution in [0, 0.1) is 11.7 Å². The number of ether oxygens (including phenoxy) is 1. The van der Waals surface area contributed by atoms with Crippen molar-refractivity contribution in [3.63, 3.8) is 0 Å². The molecule has 0 aliphatic heterocycles. The van der Waals surface area contributed by atoms with Crippen LogP contribution < -0.4 is 4.74 Å². The number of carboxylic acid groups (broad SMARTS) is 1. The van der Waals surface area contributed by atoms with Gasteiger partial charge in [0, 0.05) is 16.6 Å². The smallest absolute Gasteiger partial charge is 0.306 e. The minimum Gasteiger partial charge on any atom is -0.497 e. The third-order valence-corrected chi connectivity index (χ3v) is 5.21. The number of nitrogens with zero attached hydrogens (tertiary/aromatic N) is 1. The highest BCUT2D eigenvalue weighted by molar-refractivity contribution is 6.04. The van der Waals surface area contributed by atoms with Crippen molar-refractivity contribution in [1.82, 2.24) is 4.57 Å². The topological polar surface area (TPSA) is 68.5 Å². The Kier molecular flexibility index (Phi) is 4.18. The number of carbonyl (C=O) groups excluding carboxylic acids is 1. The Morgan fingerprint density at radius 1 is 1.19 bits per heavy atom. The molecule has 0 bridgehead atoms. The molecule has 27 heavy (non-hydrogen) atoms. The van der Waals surface area contributed by atoms with Crippen molar-refractivity contribution < 1.29 is 23.8 Å². The van der Waals surface area contributed by atoms with Gasteiger partial charge in [-0.2, -0.15) is 0 Å². The maximum Gasteiger partial charge on any atom is 0.306 e. The van der Waals surface area contributed by atoms with Crippen LogP contribution in [-0.2, 0) is 17.6 Å². The van der Waals surface area contributed by atoms with Gasteiger partial charge < -0.3 is 9.84 Å². The van der Waals surface area contributed by atoms with Crippen molar-refractivity contribution in [1.29, 1.82) is 0 Å². The number of carboxylic acids is 1. The Bertz CT molecular complexity index is 1050. The number of aromatic nitrogens is 1. The number of carbonyl (C=O) groups is 2. The zero-order valence-electron chi connectivity index (χ0n) is 14.7. The normalized spacial score (nSPS) is 16.1. The van der Waals surface area contributed by atoms with Crippen LogP contribution >= 0.6 is 0 Å². The third kappa shape index (κ3) is 2.87. The Morgan fingerprint density at radius 3 is 2.59 bits per heavy atom. The molecule has 1 aliphatic rings. The molecule has 1 unspecified atom stereocenters. The standard InChI is InChI=1S/C21H18FNO4/c1-27-15-6-2-12(3-7-15)20(24)23-18-8-4-13(21(25)26)10-16(18)17-11-14(22)5-9-19(17)23/h2-3,5-7,9,11,13H,4,8,10H2,1H3,(H,25,26). The van der Waals surface area contributed by atoms with Gasteiger partial charge in [0.2, 0.25) is 0 Å². The summed E-state index contributed by atoms with van der Waals surface area (Å²) in [7, 11) is 1.56. The Morgan fingerprint density at radius 2 is 1.93 bits per heavy atom. The van der Waals surface area contributed by atoms with Gasteiger partial charge in [-0.1, -0.05) is 0 Å². The Hall–Kier alpha value is -3.15. The number of hydrogen-bond acceptors (Lipinski definition) is 3. The van der Waals surface area contributed by atoms with Gasteiger partial charge >= 0.3 is 5.97 Å². The van der Waals surface area contributed by atoms with E-state index in [0.29, 0.717) is 41.5 Å². The summed E-state index contributed by atoms with van der Waals surface area (Å²) in [6, 6.07) is 11.1. The highest BCUT2D eigenvalue weighted by Gasteiger charge is 2.31. The maximum atomic E-state index is 13.9. The van der Waals surface area contributed by atoms with E-state index in [0.717, 1.165) is 11.3 Å². The summed E-state index contributed by atoms with van der Waals surface area (Å²) >= 11 is 0. The van der Waals surface area contributed by atoms with Gasteiger partial charge in [-0.3, -0.25) is 14.2 Å². The average molecular weight is 367 g/mol. The molecule has 0 radical (unpaired) electrons. The van der Waals surface area contributed by atoms with Gasteiger partial charge in [-0.05, 0) is 67.3 Å². The van der Waals surface area contributed by atoms with Crippen LogP contribution in [0.25, 0.3) is 10.9 Å². The predicted molar refractivity (Wildman–Crippen MR) is 97.8 cm³/mol. The van der Waals surface area contributed by atoms with Crippen molar-refractivity contribution >= 4 is 22.8 Å². The summed E-state index contributed by atoms with van der Waals surface area (Å²) in [5.74, 6) is -1.35. The first kappa shape index (κ1) is 17.3. The van der Waals surface area contributed by atoms with Crippen LogP contribution in [0.3, 0.4) is 0 Å². The molecule has 3 aromatic rings. The third-order valence-electron chi connectivity index (χ3n) is 5.21. The van der Waals surface area contributed by atoms with Crippen molar-refractivity contribution in [2.75, 3.05) is 7.11 Å². The lowest BCUT2D eigenvalue weighted by atomic mass is 9.86. The van der Waals surface area contributed by atoms with E-state index in [1.54, 1.807) is 42.0 Å². The van der Waals surface area contributed by atoms with E-state index < -0.39 is 17.7 Å². The zero-order chi connectivity index (χ0) is 19.1. The second kappa shape index (κ2) is 6.54. The first-order chi connectivity index (χ1) is 13.0. The summed E-state index contributed by atoms with van der Waals surface area (Å²) in [5.41, 5.74) is 2.62. The highest BCUT2D eigenvalue weighted by Crippen LogP contribution is 2.35. The molecule has 0 spiro atoms. The van der Waals surface area contributed by atoms with Gasteiger partial charge in [0.25, 0.3) is 5.91 Å². The molecule has 0 saturated carbocycles. The van der Waals surface area contributed by atoms with Gasteiger partial charge in [0.15, 0.2) is 0 Å². The first-order valence-corrected chi connectivity index (χ1v) is 8.73. The van der Waals surface area contributed by atoms with Crippen molar-refractivity contribution in [2.24, 2.45) is 5.92 Å². The first-order valence-electron chi connectivity index (χ1n) is 8.73. The number of methoxy groups -OCH3 is 1. The maximum absolute atomic E-state index is 13.9. The fourth-order valence-corrected chi connectivity index (χ4v) is 3.84. The van der Waals surface area contributed by atoms with Gasteiger partial charge in [0.05, 0.1) is 18.5 Å². The molecule has 0 fully saturated rings. The summed E-state index contributed by atoms with van der Waals surface area (Å²) in [4.78, 5) is 24.6. The van der Waals surface area contributed by atoms with Crippen LogP contribution in [-0.4, -0.2) is 28.7 Å². The summed E-state index contributed by atoms with van der Waals surface area (Å²) in [6.07, 6.45) is 1.22. The molecule has 1 aromatic heterocycles. The highest BCUT2D eigenvalue weighted by atomic mass is 19.1. The van der Waals surface area contributed by atoms with Crippen LogP contribution in [0.4, 0.5) is 4.39 Å². The van der Waals surface area contributed by atoms with Gasteiger partial charge in [0.1, 0.15) is 11.6 Å². The molecule has 1 aliphatic carbocycles. The molecule has 138 valence electrons. The van der Waals surface area contributed by atoms with E-state index >= 15 is 0 Å². The molecule has 1 atom stereocenters. The monoisotopic (exact) mass is 367 g/mol. The molecular weight excluding hydrogens is 349 g/mol. The van der Waals surface area contributed by atoms with Crippen LogP contribution in [0.2, 0.25) is 0 Å². The lowest BCUT2D eigenvalue weighted by molar-refractivity contribution is -0.142. The fraction of sp³-hybridized carbons (Fsp3) is 0.238. The zero-order valence-corrected chi connectivity index (χ0v) is 14.7. The summed E-state index contributed by atoms with van der Waals surface area (Å²) < 4.78 is 20.6. The number of aliphatic carboxylic acids is 1. The molecule has 2 aromatic carbocycles. The Labute approximate surface area is 155 Å². The quantitative estimate of drug-likeness (QED) is 0.767. The molecule has 0 saturated heterocycles. The lowest BCUT2D eigenvalue weighted by Gasteiger charge is -2.20. The van der Waals surface area contributed by atoms with Crippen LogP contribution in [0.1, 0.15) is 28.0 Å². The molecule has 5 nitrogen and oxygen atoms in total. The predicted octanol–water partition coefficient (Wildman–Crippen LogP) is 3.67. The number of fused-ring (bicyclic) bond motifs is 3. The SMILES string of the molecule is COc1ccc(C(=O)n2c3c(c4cc(F)ccc42)CC(C(=O)O)CC3)cc1. The largest absolute Gasteiger partial charge is 0.497 e. The molecule has 6 heteroatoms. The molecule has 4 rings (SSSR count). The van der Waals surface area contributed by atoms with E-state index in [1.165, 1.54) is 12.1 Å². The summed E-state index contributed by atoms with van der Waals surface area (Å²) in [5, 5.41) is 9.98. The van der Waals surface area contributed by atoms with E-state index in [9.17, 15) is 19.1 Å². The van der Waals surface area contributed by atoms with E-state index in [2.05, 4.69) is 0 Å². The van der Waals surface area contributed by atoms with E-state index in [1.807, 2.05) is 0 Å². The van der Waals surface area contributed by atoms with Crippen molar-refractivity contribution in [3.8, 4) is 5.75 Å². The molecular formula is C21H18FNO4. The molecule has 1 heterocycles. The summed E-state index contributed by atoms with van der Waals surface area (Å²) in [6.45, 7) is 0. The average Bonchev–Trinajstić information content (AvgIpc) is 3.00. The number of halogens is 1. The van der Waals surface area contributed by atoms with E-state index in [4.69, 9.17) is 4.74 Å². The van der Waals surface area contributed by atoms with Crippen LogP contribution in [0.15, 0.2) is 42.5 Å². The van der Waals surface area contributed by atoms with Crippen molar-refractivity contribution in [2.45, 2.75) is 19.3 Å². The molecule has 0 amide bonds. The van der Waals surface area contributed by atoms with Gasteiger partial charge in [-0.25, -0.2) is 4.39 Å². The van der Waals surface area contributed by atoms with E-state index in [-0.39, 0.29) is 5.91 Å². The lowest BCUT2D eigenvalue weighted by Crippen LogP contribution is -2.24. The second-order valence-corrected chi connectivity index (χ2v) is 6.73. The van der Waals surface area contributed by atoms with Crippen molar-refractivity contribution in [3.05, 3.63) is 65.1 Å². The fourth-order valence-electron chi connectivity index (χ4n) is 3.84. The number of rotatable bonds is 3. The second-order valence-electron chi connectivity index (χ2n) is 6.73. The van der Waals surface area contributed by atoms with Gasteiger partial charge in [-0.15, -0.1) is 0 Å². The van der Waals surface area contributed by atoms with Crippen LogP contribution in [0.5, 0.6) is 5.75 Å².